The van der Waals surface area contributed by atoms with Gasteiger partial charge in [0.05, 0.1) is 0 Å². The normalized spacial score (nSPS) is 29.6. The molecule has 1 aromatic carbocycles. The number of hydrogen-bond donors (Lipinski definition) is 1. The zero-order valence-corrected chi connectivity index (χ0v) is 11.0. The van der Waals surface area contributed by atoms with Crippen molar-refractivity contribution in [3.05, 3.63) is 35.6 Å². The van der Waals surface area contributed by atoms with Crippen molar-refractivity contribution in [2.24, 2.45) is 11.7 Å². The molecule has 1 fully saturated rings. The highest BCUT2D eigenvalue weighted by molar-refractivity contribution is 5.33. The summed E-state index contributed by atoms with van der Waals surface area (Å²) in [5.41, 5.74) is 7.34. The average Bonchev–Trinajstić information content (AvgIpc) is 2.61. The van der Waals surface area contributed by atoms with Crippen molar-refractivity contribution in [1.82, 2.24) is 0 Å². The van der Waals surface area contributed by atoms with Crippen LogP contribution in [-0.4, -0.2) is 5.54 Å². The molecule has 1 aromatic rings. The van der Waals surface area contributed by atoms with Crippen molar-refractivity contribution in [3.63, 3.8) is 0 Å². The van der Waals surface area contributed by atoms with E-state index >= 15 is 0 Å². The van der Waals surface area contributed by atoms with Gasteiger partial charge in [-0.3, -0.25) is 0 Å². The molecule has 1 aliphatic rings. The van der Waals surface area contributed by atoms with Gasteiger partial charge in [0, 0.05) is 11.0 Å². The molecule has 0 radical (unpaired) electrons. The molecule has 0 bridgehead atoms. The maximum absolute atomic E-state index is 13.1. The molecule has 0 aliphatic heterocycles. The molecule has 2 heteroatoms. The van der Waals surface area contributed by atoms with E-state index in [2.05, 4.69) is 20.8 Å². The third kappa shape index (κ3) is 1.89. The van der Waals surface area contributed by atoms with Crippen LogP contribution in [-0.2, 0) is 5.41 Å². The van der Waals surface area contributed by atoms with E-state index in [1.54, 1.807) is 12.1 Å². The van der Waals surface area contributed by atoms with Gasteiger partial charge in [-0.25, -0.2) is 4.39 Å². The minimum atomic E-state index is -0.277. The number of nitrogens with two attached hydrogens (primary N) is 1. The van der Waals surface area contributed by atoms with E-state index in [0.717, 1.165) is 6.42 Å². The van der Waals surface area contributed by atoms with Gasteiger partial charge in [-0.1, -0.05) is 25.5 Å². The van der Waals surface area contributed by atoms with Crippen LogP contribution in [0.15, 0.2) is 24.3 Å². The van der Waals surface area contributed by atoms with Crippen LogP contribution < -0.4 is 5.73 Å². The molecule has 1 nitrogen and oxygen atoms in total. The van der Waals surface area contributed by atoms with Crippen molar-refractivity contribution in [2.75, 3.05) is 0 Å². The molecular formula is C15H22FN. The standard InChI is InChI=1S/C15H22FN/c1-11-5-4-10-15(11,14(2,3)17)12-6-8-13(16)9-7-12/h6-9,11H,4-5,10,17H2,1-3H3. The quantitative estimate of drug-likeness (QED) is 0.832. The van der Waals surface area contributed by atoms with E-state index in [-0.39, 0.29) is 16.8 Å². The van der Waals surface area contributed by atoms with Crippen molar-refractivity contribution < 1.29 is 4.39 Å². The first-order chi connectivity index (χ1) is 7.88. The summed E-state index contributed by atoms with van der Waals surface area (Å²) in [5, 5.41) is 0. The van der Waals surface area contributed by atoms with E-state index in [4.69, 9.17) is 5.73 Å². The van der Waals surface area contributed by atoms with Gasteiger partial charge in [-0.2, -0.15) is 0 Å². The van der Waals surface area contributed by atoms with Crippen LogP contribution in [0.2, 0.25) is 0 Å². The molecule has 2 atom stereocenters. The van der Waals surface area contributed by atoms with Crippen LogP contribution in [0.3, 0.4) is 0 Å². The largest absolute Gasteiger partial charge is 0.325 e. The van der Waals surface area contributed by atoms with E-state index in [9.17, 15) is 4.39 Å². The highest BCUT2D eigenvalue weighted by Crippen LogP contribution is 2.51. The topological polar surface area (TPSA) is 26.0 Å². The molecule has 0 saturated heterocycles. The van der Waals surface area contributed by atoms with E-state index in [1.807, 2.05) is 12.1 Å². The summed E-state index contributed by atoms with van der Waals surface area (Å²) in [6.07, 6.45) is 3.51. The van der Waals surface area contributed by atoms with Gasteiger partial charge in [0.1, 0.15) is 5.82 Å². The fourth-order valence-corrected chi connectivity index (χ4v) is 3.69. The Kier molecular flexibility index (Phi) is 3.03. The lowest BCUT2D eigenvalue weighted by atomic mass is 9.62. The number of rotatable bonds is 2. The van der Waals surface area contributed by atoms with Crippen LogP contribution in [0.5, 0.6) is 0 Å². The summed E-state index contributed by atoms with van der Waals surface area (Å²) >= 11 is 0. The van der Waals surface area contributed by atoms with Crippen molar-refractivity contribution in [3.8, 4) is 0 Å². The second-order valence-corrected chi connectivity index (χ2v) is 5.99. The first kappa shape index (κ1) is 12.6. The monoisotopic (exact) mass is 235 g/mol. The summed E-state index contributed by atoms with van der Waals surface area (Å²) < 4.78 is 13.1. The van der Waals surface area contributed by atoms with Crippen molar-refractivity contribution in [2.45, 2.75) is 51.0 Å². The first-order valence-electron chi connectivity index (χ1n) is 6.43. The van der Waals surface area contributed by atoms with Gasteiger partial charge < -0.3 is 5.73 Å². The molecule has 94 valence electrons. The van der Waals surface area contributed by atoms with Crippen LogP contribution in [0.4, 0.5) is 4.39 Å². The molecule has 0 aromatic heterocycles. The SMILES string of the molecule is CC1CCCC1(c1ccc(F)cc1)C(C)(C)N. The maximum atomic E-state index is 13.1. The zero-order chi connectivity index (χ0) is 12.7. The highest BCUT2D eigenvalue weighted by Gasteiger charge is 2.50. The summed E-state index contributed by atoms with van der Waals surface area (Å²) in [6.45, 7) is 6.46. The minimum Gasteiger partial charge on any atom is -0.325 e. The third-order valence-electron chi connectivity index (χ3n) is 4.56. The van der Waals surface area contributed by atoms with Crippen LogP contribution in [0.25, 0.3) is 0 Å². The van der Waals surface area contributed by atoms with Gasteiger partial charge in [0.15, 0.2) is 0 Å². The number of halogens is 1. The third-order valence-corrected chi connectivity index (χ3v) is 4.56. The molecule has 17 heavy (non-hydrogen) atoms. The Balaban J connectivity index is 2.51. The van der Waals surface area contributed by atoms with Gasteiger partial charge in [0.2, 0.25) is 0 Å². The predicted octanol–water partition coefficient (Wildman–Crippen LogP) is 3.62. The summed E-state index contributed by atoms with van der Waals surface area (Å²) in [7, 11) is 0. The molecule has 0 amide bonds. The molecule has 1 aliphatic carbocycles. The fourth-order valence-electron chi connectivity index (χ4n) is 3.69. The first-order valence-corrected chi connectivity index (χ1v) is 6.43. The predicted molar refractivity (Wildman–Crippen MR) is 69.4 cm³/mol. The minimum absolute atomic E-state index is 0.0132. The fraction of sp³-hybridized carbons (Fsp3) is 0.600. The van der Waals surface area contributed by atoms with Gasteiger partial charge in [0.25, 0.3) is 0 Å². The van der Waals surface area contributed by atoms with E-state index in [1.165, 1.54) is 18.4 Å². The Bertz CT molecular complexity index is 390. The second kappa shape index (κ2) is 4.09. The Hall–Kier alpha value is -0.890. The van der Waals surface area contributed by atoms with Gasteiger partial charge in [-0.05, 0) is 50.3 Å². The van der Waals surface area contributed by atoms with Gasteiger partial charge in [-0.15, -0.1) is 0 Å². The second-order valence-electron chi connectivity index (χ2n) is 5.99. The molecule has 0 heterocycles. The zero-order valence-electron chi connectivity index (χ0n) is 11.0. The Morgan fingerprint density at radius 2 is 1.88 bits per heavy atom. The average molecular weight is 235 g/mol. The molecule has 2 N–H and O–H groups in total. The molecule has 2 rings (SSSR count). The van der Waals surface area contributed by atoms with Crippen LogP contribution in [0, 0.1) is 11.7 Å². The lowest BCUT2D eigenvalue weighted by Gasteiger charge is -2.46. The van der Waals surface area contributed by atoms with Crippen LogP contribution in [0.1, 0.15) is 45.6 Å². The summed E-state index contributed by atoms with van der Waals surface area (Å²) in [4.78, 5) is 0. The Morgan fingerprint density at radius 3 is 2.29 bits per heavy atom. The number of hydrogen-bond acceptors (Lipinski definition) is 1. The van der Waals surface area contributed by atoms with Gasteiger partial charge >= 0.3 is 0 Å². The molecule has 2 unspecified atom stereocenters. The summed E-state index contributed by atoms with van der Waals surface area (Å²) in [5.74, 6) is 0.373. The Labute approximate surface area is 103 Å². The lowest BCUT2D eigenvalue weighted by molar-refractivity contribution is 0.201. The van der Waals surface area contributed by atoms with E-state index in [0.29, 0.717) is 5.92 Å². The number of benzene rings is 1. The lowest BCUT2D eigenvalue weighted by Crippen LogP contribution is -2.55. The van der Waals surface area contributed by atoms with E-state index < -0.39 is 0 Å². The maximum Gasteiger partial charge on any atom is 0.123 e. The highest BCUT2D eigenvalue weighted by atomic mass is 19.1. The van der Waals surface area contributed by atoms with Crippen molar-refractivity contribution >= 4 is 0 Å². The molecular weight excluding hydrogens is 213 g/mol. The Morgan fingerprint density at radius 1 is 1.29 bits per heavy atom. The van der Waals surface area contributed by atoms with Crippen molar-refractivity contribution in [1.29, 1.82) is 0 Å². The smallest absolute Gasteiger partial charge is 0.123 e. The molecule has 1 saturated carbocycles. The summed E-state index contributed by atoms with van der Waals surface area (Å²) in [6, 6.07) is 6.92. The molecule has 0 spiro atoms. The van der Waals surface area contributed by atoms with Crippen LogP contribution >= 0.6 is 0 Å².